The molecule has 0 aromatic carbocycles. The van der Waals surface area contributed by atoms with Gasteiger partial charge in [0, 0.05) is 138 Å². The molecule has 18 N–H and O–H groups in total. The Balaban J connectivity index is 1.25. The molecule has 4 fully saturated rings. The first-order chi connectivity index (χ1) is 60.7. The van der Waals surface area contributed by atoms with Gasteiger partial charge in [0.25, 0.3) is 0 Å². The van der Waals surface area contributed by atoms with E-state index in [1.165, 1.54) is 35.5 Å². The van der Waals surface area contributed by atoms with Crippen molar-refractivity contribution in [1.82, 2.24) is 46.6 Å². The summed E-state index contributed by atoms with van der Waals surface area (Å²) >= 11 is 0. The van der Waals surface area contributed by atoms with Crippen molar-refractivity contribution < 1.29 is 164 Å². The van der Waals surface area contributed by atoms with Gasteiger partial charge in [0.15, 0.2) is 18.9 Å². The standard InChI is InChI=1S/C82H151N9O34P2/c1-57-26-17-18-28-61(29-25-27-57)115-49-40-90(69(103)34-15-6-20-37-84-66(100)31-12-9-23-47-117-81-72(87-59(3)97)78(109)75(106)63(55-94)124-81)42-51-120-127(113,114)122-53-44-91(70(104)35-16-7-21-38-85-67(101)32-13-10-24-48-118-82-73(88-60(4)98)79(110)76(107)64(56-95)125-82)43-52-121-126(111,112)119-50-41-89(39-45-92)68(102)33-14-5-19-36-83-65(99)30-11-8-22-46-116-80-71(86-58(2)96)77(108)74(105)62(54-93)123-80/h57,61-64,71-82,92-95,105-110H,5-56H2,1-4H3,(H,83,99)(H,84,100)(H,85,101)(H,86,96)(H,87,97)(H,88,98)(H,111,112)(H,113,114). The van der Waals surface area contributed by atoms with Crippen LogP contribution in [-0.4, -0.2) is 365 Å². The van der Waals surface area contributed by atoms with Crippen molar-refractivity contribution in [1.29, 1.82) is 0 Å². The number of carbonyl (C=O) groups excluding carboxylic acids is 9. The van der Waals surface area contributed by atoms with Crippen LogP contribution in [0.2, 0.25) is 0 Å². The summed E-state index contributed by atoms with van der Waals surface area (Å²) in [5.74, 6) is -2.49. The topological polar surface area (TPSA) is 614 Å². The molecule has 43 nitrogen and oxygen atoms in total. The van der Waals surface area contributed by atoms with Gasteiger partial charge in [-0.15, -0.1) is 0 Å². The molecule has 3 heterocycles. The molecule has 45 heteroatoms. The summed E-state index contributed by atoms with van der Waals surface area (Å²) in [5.41, 5.74) is 0. The quantitative estimate of drug-likeness (QED) is 0.0283. The number of amides is 9. The summed E-state index contributed by atoms with van der Waals surface area (Å²) < 4.78 is 88.2. The Morgan fingerprint density at radius 3 is 0.945 bits per heavy atom. The van der Waals surface area contributed by atoms with Crippen LogP contribution in [0.4, 0.5) is 0 Å². The van der Waals surface area contributed by atoms with Crippen LogP contribution in [0, 0.1) is 5.92 Å². The van der Waals surface area contributed by atoms with Crippen molar-refractivity contribution in [3.63, 3.8) is 0 Å². The SMILES string of the molecule is CC(=O)NC1C(OCCCCCC(=O)NCCCCCC(=O)N(CCO)CCOP(=O)(O)OCCN(CCOP(=O)(O)OCCN(CCOC2CCCCC(C)CCC2)C(=O)CCCCCNC(=O)CCCCCOC2OC(CO)C(O)C(O)C2NC(C)=O)C(=O)CCCCCNC(=O)CCCCCOC2OC(CO)C(O)C(O)C2NC(C)=O)OC(CO)C(O)C1O. The van der Waals surface area contributed by atoms with Gasteiger partial charge in [-0.25, -0.2) is 9.13 Å². The second kappa shape index (κ2) is 65.4. The summed E-state index contributed by atoms with van der Waals surface area (Å²) in [7, 11) is -9.74. The van der Waals surface area contributed by atoms with Crippen LogP contribution in [0.5, 0.6) is 0 Å². The number of hydrogen-bond donors (Lipinski definition) is 18. The molecular formula is C82H151N9O34P2. The van der Waals surface area contributed by atoms with Gasteiger partial charge in [-0.05, 0) is 95.8 Å². The number of rotatable bonds is 67. The zero-order valence-corrected chi connectivity index (χ0v) is 76.5. The van der Waals surface area contributed by atoms with Gasteiger partial charge in [-0.3, -0.25) is 61.2 Å². The number of unbranched alkanes of at least 4 members (excludes halogenated alkanes) is 12. The first kappa shape index (κ1) is 114. The second-order valence-electron chi connectivity index (χ2n) is 32.8. The molecule has 1 saturated carbocycles. The number of hydrogen-bond acceptors (Lipinski definition) is 32. The van der Waals surface area contributed by atoms with Gasteiger partial charge in [-0.1, -0.05) is 77.6 Å². The van der Waals surface area contributed by atoms with Crippen molar-refractivity contribution in [3.05, 3.63) is 0 Å². The summed E-state index contributed by atoms with van der Waals surface area (Å²) in [6.07, 6.45) is 1.77. The predicted molar refractivity (Wildman–Crippen MR) is 455 cm³/mol. The van der Waals surface area contributed by atoms with E-state index in [0.717, 1.165) is 44.9 Å². The molecule has 0 spiro atoms. The van der Waals surface area contributed by atoms with Crippen LogP contribution < -0.4 is 31.9 Å². The smallest absolute Gasteiger partial charge is 0.395 e. The highest BCUT2D eigenvalue weighted by Crippen LogP contribution is 2.44. The Morgan fingerprint density at radius 1 is 0.346 bits per heavy atom. The van der Waals surface area contributed by atoms with Gasteiger partial charge < -0.3 is 141 Å². The molecule has 0 bridgehead atoms. The number of aliphatic hydroxyl groups excluding tert-OH is 10. The highest BCUT2D eigenvalue weighted by Gasteiger charge is 2.48. The molecule has 3 aliphatic heterocycles. The fraction of sp³-hybridized carbons (Fsp3) is 0.890. The Bertz CT molecular complexity index is 3230. The first-order valence-corrected chi connectivity index (χ1v) is 48.4. The van der Waals surface area contributed by atoms with Crippen molar-refractivity contribution in [3.8, 4) is 0 Å². The Labute approximate surface area is 745 Å². The summed E-state index contributed by atoms with van der Waals surface area (Å²) in [5, 5.41) is 117. The van der Waals surface area contributed by atoms with Crippen LogP contribution in [0.25, 0.3) is 0 Å². The van der Waals surface area contributed by atoms with Gasteiger partial charge >= 0.3 is 15.6 Å². The van der Waals surface area contributed by atoms with E-state index in [2.05, 4.69) is 38.8 Å². The molecular weight excluding hydrogens is 1720 g/mol. The van der Waals surface area contributed by atoms with Gasteiger partial charge in [0.05, 0.1) is 65.6 Å². The maximum Gasteiger partial charge on any atom is 0.472 e. The normalized spacial score (nSPS) is 25.5. The number of phosphoric acid groups is 2. The van der Waals surface area contributed by atoms with E-state index in [-0.39, 0.29) is 146 Å². The van der Waals surface area contributed by atoms with Crippen molar-refractivity contribution in [2.45, 2.75) is 325 Å². The van der Waals surface area contributed by atoms with Gasteiger partial charge in [0.2, 0.25) is 53.2 Å². The van der Waals surface area contributed by atoms with E-state index in [0.29, 0.717) is 135 Å². The summed E-state index contributed by atoms with van der Waals surface area (Å²) in [6, 6.07) is -3.21. The lowest BCUT2D eigenvalue weighted by atomic mass is 9.97. The van der Waals surface area contributed by atoms with Gasteiger partial charge in [0.1, 0.15) is 73.1 Å². The number of nitrogens with zero attached hydrogens (tertiary/aromatic N) is 3. The largest absolute Gasteiger partial charge is 0.472 e. The van der Waals surface area contributed by atoms with Crippen LogP contribution in [-0.2, 0) is 104 Å². The lowest BCUT2D eigenvalue weighted by Gasteiger charge is -2.42. The molecule has 127 heavy (non-hydrogen) atoms. The fourth-order valence-electron chi connectivity index (χ4n) is 15.0. The van der Waals surface area contributed by atoms with E-state index < -0.39 is 184 Å². The third kappa shape index (κ3) is 47.8. The lowest BCUT2D eigenvalue weighted by Crippen LogP contribution is -2.64. The number of phosphoric ester groups is 2. The molecule has 0 radical (unpaired) electrons. The Morgan fingerprint density at radius 2 is 0.630 bits per heavy atom. The molecule has 19 unspecified atom stereocenters. The minimum Gasteiger partial charge on any atom is -0.395 e. The molecule has 4 rings (SSSR count). The predicted octanol–water partition coefficient (Wildman–Crippen LogP) is 0.0892. The molecule has 738 valence electrons. The minimum absolute atomic E-state index is 0.00296. The van der Waals surface area contributed by atoms with Crippen molar-refractivity contribution in [2.75, 3.05) is 138 Å². The van der Waals surface area contributed by atoms with Crippen molar-refractivity contribution in [2.24, 2.45) is 5.92 Å². The zero-order valence-electron chi connectivity index (χ0n) is 74.7. The first-order valence-electron chi connectivity index (χ1n) is 45.4. The van der Waals surface area contributed by atoms with Crippen LogP contribution in [0.15, 0.2) is 0 Å². The van der Waals surface area contributed by atoms with Crippen LogP contribution >= 0.6 is 15.6 Å². The molecule has 4 aliphatic rings. The van der Waals surface area contributed by atoms with Gasteiger partial charge in [-0.2, -0.15) is 0 Å². The Kier molecular flexibility index (Phi) is 58.7. The van der Waals surface area contributed by atoms with Crippen molar-refractivity contribution >= 4 is 68.8 Å². The maximum atomic E-state index is 13.9. The highest BCUT2D eigenvalue weighted by atomic mass is 31.2. The maximum absolute atomic E-state index is 13.9. The van der Waals surface area contributed by atoms with Crippen LogP contribution in [0.3, 0.4) is 0 Å². The van der Waals surface area contributed by atoms with E-state index >= 15 is 0 Å². The second-order valence-corrected chi connectivity index (χ2v) is 35.7. The molecule has 9 amide bonds. The lowest BCUT2D eigenvalue weighted by molar-refractivity contribution is -0.270. The highest BCUT2D eigenvalue weighted by molar-refractivity contribution is 7.47. The number of carbonyl (C=O) groups is 9. The number of ether oxygens (including phenoxy) is 7. The molecule has 0 aromatic heterocycles. The average molecular weight is 1870 g/mol. The van der Waals surface area contributed by atoms with E-state index in [4.69, 9.17) is 51.3 Å². The number of nitrogens with one attached hydrogen (secondary N) is 6. The van der Waals surface area contributed by atoms with E-state index in [1.54, 1.807) is 0 Å². The fourth-order valence-corrected chi connectivity index (χ4v) is 16.4. The third-order valence-electron chi connectivity index (χ3n) is 22.2. The number of aliphatic hydroxyl groups is 10. The monoisotopic (exact) mass is 1870 g/mol. The molecule has 0 aromatic rings. The average Bonchev–Trinajstić information content (AvgIpc) is 0.855. The minimum atomic E-state index is -4.87. The van der Waals surface area contributed by atoms with E-state index in [1.807, 2.05) is 0 Å². The molecule has 19 atom stereocenters. The Hall–Kier alpha value is -5.23. The van der Waals surface area contributed by atoms with E-state index in [9.17, 15) is 113 Å². The molecule has 3 saturated heterocycles. The summed E-state index contributed by atoms with van der Waals surface area (Å²) in [6.45, 7) is 2.43. The third-order valence-corrected chi connectivity index (χ3v) is 24.2. The molecule has 1 aliphatic carbocycles. The zero-order chi connectivity index (χ0) is 93.5. The van der Waals surface area contributed by atoms with Crippen LogP contribution in [0.1, 0.15) is 227 Å². The summed E-state index contributed by atoms with van der Waals surface area (Å²) in [4.78, 5) is 140.